The van der Waals surface area contributed by atoms with Crippen molar-refractivity contribution in [3.05, 3.63) is 156 Å². The minimum Gasteiger partial charge on any atom is -0.453 e. The van der Waals surface area contributed by atoms with Crippen LogP contribution in [0.5, 0.6) is 0 Å². The summed E-state index contributed by atoms with van der Waals surface area (Å²) in [6.07, 6.45) is -0.264. The number of aliphatic hydroxyl groups is 2. The molecule has 1 aliphatic heterocycles. The molecular weight excluding hydrogens is 661 g/mol. The quantitative estimate of drug-likeness (QED) is 0.0615. The van der Waals surface area contributed by atoms with Gasteiger partial charge in [-0.05, 0) is 56.4 Å². The molecule has 1 aliphatic carbocycles. The first-order valence-corrected chi connectivity index (χ1v) is 19.2. The smallest absolute Gasteiger partial charge is 0.338 e. The standard InChI is InChI=1S/C42H46O8Si/c1-42(2,3)51(33-20-12-6-13-21-33,34-22-14-7-15-23-34)48-28-32-24-36(47-29-46-27-30-16-8-4-9-17-30)35-25-38(44)49-37(26-43)39(35)40(32)50-41(45)31-18-10-5-11-19-31/h4-25,36-40,43-44H,26-29H2,1-3H3/t36?,37?,38?,39-,40?/m1/s1. The monoisotopic (exact) mass is 706 g/mol. The fourth-order valence-corrected chi connectivity index (χ4v) is 11.7. The van der Waals surface area contributed by atoms with E-state index in [4.69, 9.17) is 23.4 Å². The lowest BCUT2D eigenvalue weighted by molar-refractivity contribution is -0.162. The van der Waals surface area contributed by atoms with Crippen molar-refractivity contribution in [2.45, 2.75) is 57.0 Å². The molecule has 1 heterocycles. The highest BCUT2D eigenvalue weighted by Gasteiger charge is 2.52. The van der Waals surface area contributed by atoms with Gasteiger partial charge in [-0.1, -0.05) is 130 Å². The zero-order valence-corrected chi connectivity index (χ0v) is 30.3. The maximum absolute atomic E-state index is 13.7. The Kier molecular flexibility index (Phi) is 11.8. The van der Waals surface area contributed by atoms with E-state index in [2.05, 4.69) is 45.0 Å². The van der Waals surface area contributed by atoms with Crippen molar-refractivity contribution in [1.29, 1.82) is 0 Å². The van der Waals surface area contributed by atoms with Crippen LogP contribution in [-0.4, -0.2) is 69.1 Å². The summed E-state index contributed by atoms with van der Waals surface area (Å²) in [7, 11) is -3.02. The van der Waals surface area contributed by atoms with Crippen molar-refractivity contribution in [3.63, 3.8) is 0 Å². The van der Waals surface area contributed by atoms with Crippen LogP contribution in [0.4, 0.5) is 0 Å². The number of hydrogen-bond donors (Lipinski definition) is 2. The van der Waals surface area contributed by atoms with Gasteiger partial charge in [0, 0.05) is 0 Å². The number of aliphatic hydroxyl groups excluding tert-OH is 2. The predicted molar refractivity (Wildman–Crippen MR) is 198 cm³/mol. The molecule has 9 heteroatoms. The first-order chi connectivity index (χ1) is 24.7. The van der Waals surface area contributed by atoms with Gasteiger partial charge in [-0.15, -0.1) is 0 Å². The number of esters is 1. The van der Waals surface area contributed by atoms with Crippen LogP contribution in [0.1, 0.15) is 36.7 Å². The van der Waals surface area contributed by atoms with Crippen molar-refractivity contribution in [3.8, 4) is 0 Å². The van der Waals surface area contributed by atoms with E-state index in [1.165, 1.54) is 0 Å². The van der Waals surface area contributed by atoms with Gasteiger partial charge in [-0.25, -0.2) is 4.79 Å². The lowest BCUT2D eigenvalue weighted by Gasteiger charge is -2.46. The Morgan fingerprint density at radius 1 is 0.784 bits per heavy atom. The van der Waals surface area contributed by atoms with E-state index in [1.54, 1.807) is 30.3 Å². The van der Waals surface area contributed by atoms with E-state index in [-0.39, 0.29) is 18.4 Å². The summed E-state index contributed by atoms with van der Waals surface area (Å²) >= 11 is 0. The molecule has 51 heavy (non-hydrogen) atoms. The molecule has 0 fully saturated rings. The van der Waals surface area contributed by atoms with Crippen LogP contribution in [0.2, 0.25) is 5.04 Å². The molecule has 0 saturated carbocycles. The van der Waals surface area contributed by atoms with Crippen molar-refractivity contribution in [2.75, 3.05) is 20.0 Å². The number of benzene rings is 4. The van der Waals surface area contributed by atoms with Crippen LogP contribution >= 0.6 is 0 Å². The summed E-state index contributed by atoms with van der Waals surface area (Å²) in [5.41, 5.74) is 2.70. The average Bonchev–Trinajstić information content (AvgIpc) is 3.15. The summed E-state index contributed by atoms with van der Waals surface area (Å²) in [6.45, 7) is 6.61. The van der Waals surface area contributed by atoms with Crippen molar-refractivity contribution < 1.29 is 38.4 Å². The first kappa shape index (κ1) is 36.6. The zero-order chi connectivity index (χ0) is 35.8. The molecule has 0 saturated heterocycles. The highest BCUT2D eigenvalue weighted by Crippen LogP contribution is 2.42. The Balaban J connectivity index is 1.41. The molecule has 0 radical (unpaired) electrons. The molecule has 4 aromatic rings. The molecule has 8 nitrogen and oxygen atoms in total. The third-order valence-electron chi connectivity index (χ3n) is 9.56. The molecule has 266 valence electrons. The van der Waals surface area contributed by atoms with Gasteiger partial charge < -0.3 is 33.6 Å². The molecular formula is C42H46O8Si. The van der Waals surface area contributed by atoms with Crippen molar-refractivity contribution in [1.82, 2.24) is 0 Å². The van der Waals surface area contributed by atoms with Gasteiger partial charge in [0.1, 0.15) is 19.0 Å². The molecule has 4 unspecified atom stereocenters. The summed E-state index contributed by atoms with van der Waals surface area (Å²) in [4.78, 5) is 13.7. The third-order valence-corrected chi connectivity index (χ3v) is 14.5. The number of carbonyl (C=O) groups excluding carboxylic acids is 1. The highest BCUT2D eigenvalue weighted by atomic mass is 28.4. The van der Waals surface area contributed by atoms with Crippen molar-refractivity contribution >= 4 is 24.7 Å². The predicted octanol–water partition coefficient (Wildman–Crippen LogP) is 5.54. The molecule has 4 aromatic carbocycles. The van der Waals surface area contributed by atoms with E-state index in [9.17, 15) is 15.0 Å². The SMILES string of the molecule is CC(C)(C)[Si](OCC1=CC(OCOCc2ccccc2)C2=CC(O)OC(CO)[C@@H]2C1OC(=O)c1ccccc1)(c1ccccc1)c1ccccc1. The summed E-state index contributed by atoms with van der Waals surface area (Å²) in [5.74, 6) is -1.20. The molecule has 6 rings (SSSR count). The Morgan fingerprint density at radius 2 is 1.35 bits per heavy atom. The van der Waals surface area contributed by atoms with E-state index in [0.29, 0.717) is 23.3 Å². The van der Waals surface area contributed by atoms with Gasteiger partial charge in [0.2, 0.25) is 0 Å². The fraction of sp³-hybridized carbons (Fsp3) is 0.310. The van der Waals surface area contributed by atoms with Gasteiger partial charge in [-0.3, -0.25) is 0 Å². The lowest BCUT2D eigenvalue weighted by Crippen LogP contribution is -2.67. The topological polar surface area (TPSA) is 104 Å². The maximum atomic E-state index is 13.7. The van der Waals surface area contributed by atoms with Gasteiger partial charge in [0.15, 0.2) is 6.29 Å². The van der Waals surface area contributed by atoms with E-state index < -0.39 is 51.4 Å². The molecule has 2 N–H and O–H groups in total. The third kappa shape index (κ3) is 8.16. The van der Waals surface area contributed by atoms with E-state index >= 15 is 0 Å². The Labute approximate surface area is 301 Å². The molecule has 0 spiro atoms. The zero-order valence-electron chi connectivity index (χ0n) is 29.3. The minimum atomic E-state index is -3.02. The van der Waals surface area contributed by atoms with Crippen LogP contribution < -0.4 is 10.4 Å². The first-order valence-electron chi connectivity index (χ1n) is 17.3. The van der Waals surface area contributed by atoms with Gasteiger partial charge in [0.05, 0.1) is 37.4 Å². The maximum Gasteiger partial charge on any atom is 0.338 e. The minimum absolute atomic E-state index is 0.0435. The van der Waals surface area contributed by atoms with Crippen LogP contribution in [0.25, 0.3) is 0 Å². The van der Waals surface area contributed by atoms with Gasteiger partial charge >= 0.3 is 5.97 Å². The Hall–Kier alpha value is -4.19. The molecule has 0 aromatic heterocycles. The number of fused-ring (bicyclic) bond motifs is 1. The van der Waals surface area contributed by atoms with Gasteiger partial charge in [-0.2, -0.15) is 0 Å². The lowest BCUT2D eigenvalue weighted by atomic mass is 9.75. The van der Waals surface area contributed by atoms with Crippen LogP contribution in [-0.2, 0) is 30.0 Å². The second kappa shape index (κ2) is 16.4. The second-order valence-electron chi connectivity index (χ2n) is 13.9. The fourth-order valence-electron chi connectivity index (χ4n) is 7.21. The molecule has 0 bridgehead atoms. The summed E-state index contributed by atoms with van der Waals surface area (Å²) in [5, 5.41) is 23.2. The van der Waals surface area contributed by atoms with Crippen LogP contribution in [0.3, 0.4) is 0 Å². The summed E-state index contributed by atoms with van der Waals surface area (Å²) in [6, 6.07) is 39.2. The molecule has 0 amide bonds. The van der Waals surface area contributed by atoms with Gasteiger partial charge in [0.25, 0.3) is 8.32 Å². The average molecular weight is 707 g/mol. The van der Waals surface area contributed by atoms with Crippen molar-refractivity contribution in [2.24, 2.45) is 5.92 Å². The number of ether oxygens (including phenoxy) is 4. The van der Waals surface area contributed by atoms with Crippen LogP contribution in [0, 0.1) is 5.92 Å². The second-order valence-corrected chi connectivity index (χ2v) is 18.2. The van der Waals surface area contributed by atoms with Crippen LogP contribution in [0.15, 0.2) is 145 Å². The number of hydrogen-bond acceptors (Lipinski definition) is 8. The Morgan fingerprint density at radius 3 is 1.92 bits per heavy atom. The molecule has 5 atom stereocenters. The normalized spacial score (nSPS) is 22.0. The Bertz CT molecular complexity index is 1730. The highest BCUT2D eigenvalue weighted by molar-refractivity contribution is 6.99. The number of rotatable bonds is 13. The summed E-state index contributed by atoms with van der Waals surface area (Å²) < 4.78 is 31.8. The van der Waals surface area contributed by atoms with E-state index in [0.717, 1.165) is 15.9 Å². The molecule has 2 aliphatic rings. The van der Waals surface area contributed by atoms with E-state index in [1.807, 2.05) is 78.9 Å². The number of carbonyl (C=O) groups is 1. The largest absolute Gasteiger partial charge is 0.453 e.